The van der Waals surface area contributed by atoms with Crippen molar-refractivity contribution in [2.24, 2.45) is 0 Å². The number of fused-ring (bicyclic) bond motifs is 5. The van der Waals surface area contributed by atoms with Crippen LogP contribution in [0, 0.1) is 0 Å². The van der Waals surface area contributed by atoms with Gasteiger partial charge in [0.25, 0.3) is 0 Å². The number of aromatic nitrogens is 3. The molecule has 0 radical (unpaired) electrons. The predicted octanol–water partition coefficient (Wildman–Crippen LogP) is 13.2. The van der Waals surface area contributed by atoms with Gasteiger partial charge in [-0.05, 0) is 75.5 Å². The van der Waals surface area contributed by atoms with Gasteiger partial charge in [-0.2, -0.15) is 0 Å². The van der Waals surface area contributed by atoms with Gasteiger partial charge in [-0.15, -0.1) is 11.3 Å². The van der Waals surface area contributed by atoms with Gasteiger partial charge in [-0.1, -0.05) is 133 Å². The zero-order chi connectivity index (χ0) is 34.2. The minimum absolute atomic E-state index is 0.730. The van der Waals surface area contributed by atoms with Gasteiger partial charge in [-0.3, -0.25) is 0 Å². The highest BCUT2D eigenvalue weighted by Gasteiger charge is 2.23. The fourth-order valence-corrected chi connectivity index (χ4v) is 9.18. The summed E-state index contributed by atoms with van der Waals surface area (Å²) in [5, 5.41) is 5.87. The summed E-state index contributed by atoms with van der Waals surface area (Å²) in [5.74, 6) is 0.730. The van der Waals surface area contributed by atoms with Crippen LogP contribution in [0.15, 0.2) is 176 Å². The molecule has 8 aromatic carbocycles. The Morgan fingerprint density at radius 3 is 1.83 bits per heavy atom. The number of benzene rings is 8. The number of hydrogen-bond acceptors (Lipinski definition) is 3. The van der Waals surface area contributed by atoms with E-state index < -0.39 is 0 Å². The third-order valence-corrected chi connectivity index (χ3v) is 11.5. The summed E-state index contributed by atoms with van der Waals surface area (Å²) in [6.45, 7) is 0. The molecule has 0 bridgehead atoms. The number of nitrogens with zero attached hydrogens (tertiary/aromatic N) is 3. The lowest BCUT2D eigenvalue weighted by Gasteiger charge is -2.25. The Morgan fingerprint density at radius 1 is 0.404 bits per heavy atom. The lowest BCUT2D eigenvalue weighted by Crippen LogP contribution is -2.05. The molecule has 0 N–H and O–H groups in total. The lowest BCUT2D eigenvalue weighted by atomic mass is 9.93. The van der Waals surface area contributed by atoms with E-state index in [-0.39, 0.29) is 0 Å². The summed E-state index contributed by atoms with van der Waals surface area (Å²) in [6.07, 6.45) is 0. The van der Waals surface area contributed by atoms with Crippen LogP contribution in [0.5, 0.6) is 0 Å². The summed E-state index contributed by atoms with van der Waals surface area (Å²) >= 11 is 1.87. The number of hydrogen-bond donors (Lipinski definition) is 0. The van der Waals surface area contributed by atoms with Crippen molar-refractivity contribution in [3.05, 3.63) is 176 Å². The highest BCUT2D eigenvalue weighted by Crippen LogP contribution is 2.47. The Morgan fingerprint density at radius 2 is 1.04 bits per heavy atom. The second kappa shape index (κ2) is 11.5. The van der Waals surface area contributed by atoms with Gasteiger partial charge in [-0.25, -0.2) is 9.97 Å². The minimum Gasteiger partial charge on any atom is -0.306 e. The van der Waals surface area contributed by atoms with Crippen molar-refractivity contribution < 1.29 is 0 Å². The molecule has 11 rings (SSSR count). The number of para-hydroxylation sites is 1. The molecule has 3 heterocycles. The zero-order valence-corrected chi connectivity index (χ0v) is 28.8. The third-order valence-electron chi connectivity index (χ3n) is 10.4. The standard InChI is InChI=1S/C48H29N3S/c1-4-13-30(14-5-1)33-23-25-41-43(28-33)52-44-29-34(31-15-6-2-7-16-31)27-39-36-21-12-20-35-37(24-26-42(45(35)36)51(41)47(39)44)48-49-40-22-11-10-19-38(40)46(50-48)32-17-8-3-9-18-32/h1-29H. The van der Waals surface area contributed by atoms with Crippen molar-refractivity contribution >= 4 is 64.2 Å². The summed E-state index contributed by atoms with van der Waals surface area (Å²) in [7, 11) is 0. The molecule has 2 aliphatic heterocycles. The van der Waals surface area contributed by atoms with E-state index in [1.54, 1.807) is 0 Å². The summed E-state index contributed by atoms with van der Waals surface area (Å²) in [4.78, 5) is 10.5. The lowest BCUT2D eigenvalue weighted by molar-refractivity contribution is 1.20. The van der Waals surface area contributed by atoms with E-state index in [1.165, 1.54) is 64.5 Å². The van der Waals surface area contributed by atoms with Crippen LogP contribution in [0.3, 0.4) is 0 Å². The second-order valence-corrected chi connectivity index (χ2v) is 14.4. The van der Waals surface area contributed by atoms with Crippen LogP contribution in [0.1, 0.15) is 0 Å². The molecule has 9 aromatic rings. The summed E-state index contributed by atoms with van der Waals surface area (Å²) < 4.78 is 4.99. The number of pyridine rings is 1. The molecule has 0 atom stereocenters. The van der Waals surface area contributed by atoms with Gasteiger partial charge in [0.2, 0.25) is 0 Å². The van der Waals surface area contributed by atoms with Crippen molar-refractivity contribution in [3.63, 3.8) is 0 Å². The van der Waals surface area contributed by atoms with Crippen LogP contribution in [-0.4, -0.2) is 14.5 Å². The maximum atomic E-state index is 5.30. The first-order valence-electron chi connectivity index (χ1n) is 17.6. The molecule has 242 valence electrons. The molecule has 0 aliphatic carbocycles. The normalized spacial score (nSPS) is 11.8. The average Bonchev–Trinajstić information content (AvgIpc) is 3.22. The first kappa shape index (κ1) is 29.1. The van der Waals surface area contributed by atoms with Crippen LogP contribution in [0.2, 0.25) is 0 Å². The molecule has 0 amide bonds. The van der Waals surface area contributed by atoms with Crippen molar-refractivity contribution in [3.8, 4) is 50.6 Å². The van der Waals surface area contributed by atoms with Crippen LogP contribution in [0.25, 0.3) is 103 Å². The number of rotatable bonds is 4. The van der Waals surface area contributed by atoms with Gasteiger partial charge in [0.1, 0.15) is 0 Å². The van der Waals surface area contributed by atoms with Gasteiger partial charge < -0.3 is 4.57 Å². The molecule has 3 nitrogen and oxygen atoms in total. The third kappa shape index (κ3) is 4.45. The molecular weight excluding hydrogens is 651 g/mol. The topological polar surface area (TPSA) is 30.7 Å². The van der Waals surface area contributed by atoms with E-state index in [1.807, 2.05) is 17.4 Å². The second-order valence-electron chi connectivity index (χ2n) is 13.4. The van der Waals surface area contributed by atoms with Crippen molar-refractivity contribution in [2.75, 3.05) is 0 Å². The minimum atomic E-state index is 0.730. The molecule has 0 saturated carbocycles. The van der Waals surface area contributed by atoms with E-state index in [0.717, 1.165) is 38.9 Å². The van der Waals surface area contributed by atoms with Gasteiger partial charge >= 0.3 is 0 Å². The first-order valence-corrected chi connectivity index (χ1v) is 18.4. The quantitative estimate of drug-likeness (QED) is 0.137. The molecule has 0 spiro atoms. The first-order chi connectivity index (χ1) is 25.8. The molecule has 0 fully saturated rings. The Balaban J connectivity index is 1.26. The maximum Gasteiger partial charge on any atom is 0.161 e. The fraction of sp³-hybridized carbons (Fsp3) is 0. The van der Waals surface area contributed by atoms with Gasteiger partial charge in [0.05, 0.1) is 37.3 Å². The van der Waals surface area contributed by atoms with Crippen molar-refractivity contribution in [2.45, 2.75) is 0 Å². The van der Waals surface area contributed by atoms with E-state index in [0.29, 0.717) is 0 Å². The van der Waals surface area contributed by atoms with E-state index >= 15 is 0 Å². The molecule has 0 saturated heterocycles. The highest BCUT2D eigenvalue weighted by molar-refractivity contribution is 7.24. The highest BCUT2D eigenvalue weighted by atomic mass is 32.1. The van der Waals surface area contributed by atoms with Crippen LogP contribution in [-0.2, 0) is 0 Å². The SMILES string of the molecule is c1ccc(-c2ccc3c(c2)sc2cc(-c4ccccc4)cc4c2-n3c2ccc(-c3nc(-c5ccccc5)c5ccccc5n3)c3cccc4c32)cc1. The molecular formula is C48H29N3S. The van der Waals surface area contributed by atoms with Crippen LogP contribution in [0.4, 0.5) is 0 Å². The zero-order valence-electron chi connectivity index (χ0n) is 28.0. The van der Waals surface area contributed by atoms with Crippen molar-refractivity contribution in [1.29, 1.82) is 0 Å². The summed E-state index contributed by atoms with van der Waals surface area (Å²) in [5.41, 5.74) is 12.5. The smallest absolute Gasteiger partial charge is 0.161 e. The largest absolute Gasteiger partial charge is 0.306 e. The Labute approximate surface area is 304 Å². The molecule has 52 heavy (non-hydrogen) atoms. The van der Waals surface area contributed by atoms with Crippen molar-refractivity contribution in [1.82, 2.24) is 14.5 Å². The molecule has 4 heteroatoms. The average molecular weight is 680 g/mol. The van der Waals surface area contributed by atoms with Crippen LogP contribution < -0.4 is 0 Å². The predicted molar refractivity (Wildman–Crippen MR) is 220 cm³/mol. The Hall–Kier alpha value is -6.62. The molecule has 2 aliphatic rings. The fourth-order valence-electron chi connectivity index (χ4n) is 8.01. The molecule has 1 aromatic heterocycles. The van der Waals surface area contributed by atoms with E-state index in [9.17, 15) is 0 Å². The van der Waals surface area contributed by atoms with Crippen LogP contribution >= 0.6 is 11.3 Å². The molecule has 0 unspecified atom stereocenters. The Bertz CT molecular complexity index is 3110. The summed E-state index contributed by atoms with van der Waals surface area (Å²) in [6, 6.07) is 63.1. The Kier molecular flexibility index (Phi) is 6.42. The monoisotopic (exact) mass is 679 g/mol. The van der Waals surface area contributed by atoms with Gasteiger partial charge in [0.15, 0.2) is 5.82 Å². The van der Waals surface area contributed by atoms with E-state index in [2.05, 4.69) is 174 Å². The van der Waals surface area contributed by atoms with E-state index in [4.69, 9.17) is 9.97 Å². The van der Waals surface area contributed by atoms with Gasteiger partial charge in [0, 0.05) is 27.3 Å². The maximum absolute atomic E-state index is 5.30.